The summed E-state index contributed by atoms with van der Waals surface area (Å²) in [5, 5.41) is 5.33. The molecule has 2 rings (SSSR count). The Labute approximate surface area is 162 Å². The molecule has 0 unspecified atom stereocenters. The molecule has 2 aromatic rings. The lowest BCUT2D eigenvalue weighted by atomic mass is 10.1. The smallest absolute Gasteiger partial charge is 0.251 e. The van der Waals surface area contributed by atoms with Crippen molar-refractivity contribution >= 4 is 35.0 Å². The van der Waals surface area contributed by atoms with E-state index in [-0.39, 0.29) is 23.4 Å². The summed E-state index contributed by atoms with van der Waals surface area (Å²) in [6.07, 6.45) is 0. The standard InChI is InChI=1S/C20H22N2O4S/c1-13(23)14-7-8-18(26-3)16(9-14)11-27-12-19(24)22-17-6-4-5-15(10-17)20(25)21-2/h4-10H,11-12H2,1-3H3,(H,21,25)(H,22,24). The van der Waals surface area contributed by atoms with Crippen LogP contribution in [-0.4, -0.2) is 37.5 Å². The van der Waals surface area contributed by atoms with Crippen LogP contribution in [0.15, 0.2) is 42.5 Å². The summed E-state index contributed by atoms with van der Waals surface area (Å²) in [7, 11) is 3.13. The first-order valence-corrected chi connectivity index (χ1v) is 9.47. The quantitative estimate of drug-likeness (QED) is 0.681. The van der Waals surface area contributed by atoms with Gasteiger partial charge in [-0.2, -0.15) is 0 Å². The fourth-order valence-electron chi connectivity index (χ4n) is 2.44. The number of hydrogen-bond donors (Lipinski definition) is 2. The monoisotopic (exact) mass is 386 g/mol. The zero-order chi connectivity index (χ0) is 19.8. The van der Waals surface area contributed by atoms with Crippen molar-refractivity contribution in [1.29, 1.82) is 0 Å². The predicted molar refractivity (Wildman–Crippen MR) is 108 cm³/mol. The molecule has 0 aliphatic carbocycles. The number of ketones is 1. The number of methoxy groups -OCH3 is 1. The largest absolute Gasteiger partial charge is 0.496 e. The molecule has 0 spiro atoms. The molecule has 6 nitrogen and oxygen atoms in total. The molecule has 27 heavy (non-hydrogen) atoms. The average Bonchev–Trinajstić information content (AvgIpc) is 2.67. The van der Waals surface area contributed by atoms with Gasteiger partial charge in [0.2, 0.25) is 5.91 Å². The van der Waals surface area contributed by atoms with Gasteiger partial charge in [0.1, 0.15) is 5.75 Å². The van der Waals surface area contributed by atoms with Crippen LogP contribution in [0.2, 0.25) is 0 Å². The van der Waals surface area contributed by atoms with Gasteiger partial charge in [0.05, 0.1) is 12.9 Å². The van der Waals surface area contributed by atoms with Gasteiger partial charge in [0.15, 0.2) is 5.78 Å². The highest BCUT2D eigenvalue weighted by atomic mass is 32.2. The Morgan fingerprint density at radius 1 is 1.07 bits per heavy atom. The van der Waals surface area contributed by atoms with Crippen molar-refractivity contribution in [3.8, 4) is 5.75 Å². The molecule has 0 saturated carbocycles. The molecule has 7 heteroatoms. The average molecular weight is 386 g/mol. The molecule has 0 aliphatic rings. The van der Waals surface area contributed by atoms with E-state index in [9.17, 15) is 14.4 Å². The van der Waals surface area contributed by atoms with E-state index in [0.29, 0.717) is 28.3 Å². The zero-order valence-corrected chi connectivity index (χ0v) is 16.3. The molecule has 0 atom stereocenters. The maximum Gasteiger partial charge on any atom is 0.251 e. The summed E-state index contributed by atoms with van der Waals surface area (Å²) >= 11 is 1.42. The zero-order valence-electron chi connectivity index (χ0n) is 15.5. The lowest BCUT2D eigenvalue weighted by Gasteiger charge is -2.10. The number of amides is 2. The van der Waals surface area contributed by atoms with E-state index in [1.807, 2.05) is 0 Å². The Bertz CT molecular complexity index is 852. The number of hydrogen-bond acceptors (Lipinski definition) is 5. The van der Waals surface area contributed by atoms with Crippen LogP contribution in [0.25, 0.3) is 0 Å². The SMILES string of the molecule is CNC(=O)c1cccc(NC(=O)CSCc2cc(C(C)=O)ccc2OC)c1. The van der Waals surface area contributed by atoms with Gasteiger partial charge in [-0.15, -0.1) is 11.8 Å². The lowest BCUT2D eigenvalue weighted by molar-refractivity contribution is -0.113. The molecule has 0 radical (unpaired) electrons. The highest BCUT2D eigenvalue weighted by Crippen LogP contribution is 2.25. The minimum atomic E-state index is -0.210. The molecule has 0 aromatic heterocycles. The third-order valence-corrected chi connectivity index (χ3v) is 4.79. The van der Waals surface area contributed by atoms with E-state index < -0.39 is 0 Å². The molecule has 0 aliphatic heterocycles. The Morgan fingerprint density at radius 2 is 1.85 bits per heavy atom. The van der Waals surface area contributed by atoms with Crippen molar-refractivity contribution in [2.24, 2.45) is 0 Å². The van der Waals surface area contributed by atoms with Crippen LogP contribution in [0, 0.1) is 0 Å². The highest BCUT2D eigenvalue weighted by molar-refractivity contribution is 7.99. The summed E-state index contributed by atoms with van der Waals surface area (Å²) in [5.74, 6) is 1.06. The van der Waals surface area contributed by atoms with Crippen molar-refractivity contribution < 1.29 is 19.1 Å². The summed E-state index contributed by atoms with van der Waals surface area (Å²) in [4.78, 5) is 35.4. The highest BCUT2D eigenvalue weighted by Gasteiger charge is 2.10. The van der Waals surface area contributed by atoms with Crippen molar-refractivity contribution in [2.75, 3.05) is 25.2 Å². The van der Waals surface area contributed by atoms with Crippen LogP contribution < -0.4 is 15.4 Å². The minimum absolute atomic E-state index is 0.0161. The minimum Gasteiger partial charge on any atom is -0.496 e. The second-order valence-corrected chi connectivity index (χ2v) is 6.77. The van der Waals surface area contributed by atoms with Gasteiger partial charge in [-0.05, 0) is 43.3 Å². The fourth-order valence-corrected chi connectivity index (χ4v) is 3.25. The molecule has 0 fully saturated rings. The van der Waals surface area contributed by atoms with Crippen molar-refractivity contribution in [3.05, 3.63) is 59.2 Å². The number of benzene rings is 2. The van der Waals surface area contributed by atoms with E-state index in [1.54, 1.807) is 56.6 Å². The predicted octanol–water partition coefficient (Wildman–Crippen LogP) is 3.13. The third kappa shape index (κ3) is 5.86. The molecular weight excluding hydrogens is 364 g/mol. The van der Waals surface area contributed by atoms with E-state index in [1.165, 1.54) is 18.7 Å². The number of rotatable bonds is 8. The fraction of sp³-hybridized carbons (Fsp3) is 0.250. The van der Waals surface area contributed by atoms with Crippen LogP contribution in [0.1, 0.15) is 33.2 Å². The summed E-state index contributed by atoms with van der Waals surface area (Å²) in [6.45, 7) is 1.51. The van der Waals surface area contributed by atoms with Crippen molar-refractivity contribution in [1.82, 2.24) is 5.32 Å². The third-order valence-electron chi connectivity index (χ3n) is 3.81. The molecule has 2 amide bonds. The second kappa shape index (κ2) is 9.78. The second-order valence-electron chi connectivity index (χ2n) is 5.78. The van der Waals surface area contributed by atoms with Gasteiger partial charge < -0.3 is 15.4 Å². The molecular formula is C20H22N2O4S. The van der Waals surface area contributed by atoms with Gasteiger partial charge in [-0.1, -0.05) is 6.07 Å². The van der Waals surface area contributed by atoms with E-state index >= 15 is 0 Å². The molecule has 0 bridgehead atoms. The van der Waals surface area contributed by atoms with Crippen LogP contribution >= 0.6 is 11.8 Å². The summed E-state index contributed by atoms with van der Waals surface area (Å²) in [5.41, 5.74) is 2.53. The van der Waals surface area contributed by atoms with E-state index in [0.717, 1.165) is 5.56 Å². The number of nitrogens with one attached hydrogen (secondary N) is 2. The normalized spacial score (nSPS) is 10.2. The number of anilines is 1. The Morgan fingerprint density at radius 3 is 2.52 bits per heavy atom. The number of thioether (sulfide) groups is 1. The number of ether oxygens (including phenoxy) is 1. The van der Waals surface area contributed by atoms with Crippen molar-refractivity contribution in [2.45, 2.75) is 12.7 Å². The Balaban J connectivity index is 1.94. The molecule has 0 heterocycles. The maximum atomic E-state index is 12.2. The molecule has 2 N–H and O–H groups in total. The number of Topliss-reactive ketones (excluding diaryl/α,β-unsaturated/α-hetero) is 1. The summed E-state index contributed by atoms with van der Waals surface area (Å²) in [6, 6.07) is 12.0. The van der Waals surface area contributed by atoms with Gasteiger partial charge in [0, 0.05) is 35.2 Å². The first kappa shape index (κ1) is 20.5. The molecule has 2 aromatic carbocycles. The first-order valence-electron chi connectivity index (χ1n) is 8.32. The van der Waals surface area contributed by atoms with Gasteiger partial charge in [-0.25, -0.2) is 0 Å². The van der Waals surface area contributed by atoms with E-state index in [4.69, 9.17) is 4.74 Å². The Hall–Kier alpha value is -2.80. The van der Waals surface area contributed by atoms with Gasteiger partial charge >= 0.3 is 0 Å². The first-order chi connectivity index (χ1) is 12.9. The maximum absolute atomic E-state index is 12.2. The van der Waals surface area contributed by atoms with Crippen LogP contribution in [0.5, 0.6) is 5.75 Å². The summed E-state index contributed by atoms with van der Waals surface area (Å²) < 4.78 is 5.32. The van der Waals surface area contributed by atoms with E-state index in [2.05, 4.69) is 10.6 Å². The lowest BCUT2D eigenvalue weighted by Crippen LogP contribution is -2.19. The van der Waals surface area contributed by atoms with Crippen LogP contribution in [-0.2, 0) is 10.5 Å². The van der Waals surface area contributed by atoms with Crippen LogP contribution in [0.3, 0.4) is 0 Å². The molecule has 142 valence electrons. The number of carbonyl (C=O) groups is 3. The topological polar surface area (TPSA) is 84.5 Å². The van der Waals surface area contributed by atoms with Crippen molar-refractivity contribution in [3.63, 3.8) is 0 Å². The Kier molecular flexibility index (Phi) is 7.43. The van der Waals surface area contributed by atoms with Gasteiger partial charge in [0.25, 0.3) is 5.91 Å². The number of carbonyl (C=O) groups excluding carboxylic acids is 3. The van der Waals surface area contributed by atoms with Crippen LogP contribution in [0.4, 0.5) is 5.69 Å². The molecule has 0 saturated heterocycles. The van der Waals surface area contributed by atoms with Gasteiger partial charge in [-0.3, -0.25) is 14.4 Å².